The highest BCUT2D eigenvalue weighted by atomic mass is 15.2. The number of aromatic nitrogens is 3. The van der Waals surface area contributed by atoms with Crippen LogP contribution in [0.4, 0.5) is 0 Å². The maximum absolute atomic E-state index is 11.1. The molecule has 492 valence electrons. The first-order valence-corrected chi connectivity index (χ1v) is 35.5. The molecule has 17 rings (SSSR count). The number of allylic oxidation sites excluding steroid dienone is 10. The maximum Gasteiger partial charge on any atom is 0.0998 e. The van der Waals surface area contributed by atoms with E-state index in [9.17, 15) is 31.6 Å². The van der Waals surface area contributed by atoms with Gasteiger partial charge in [0, 0.05) is 96.9 Å². The number of para-hydroxylation sites is 1. The predicted molar refractivity (Wildman–Crippen MR) is 417 cm³/mol. The Bertz CT molecular complexity index is 6250. The maximum atomic E-state index is 11.1. The molecule has 4 unspecified atom stereocenters. The zero-order valence-corrected chi connectivity index (χ0v) is 57.3. The molecular formula is C94H66N10. The van der Waals surface area contributed by atoms with Crippen molar-refractivity contribution in [3.8, 4) is 98.0 Å². The van der Waals surface area contributed by atoms with E-state index in [1.165, 1.54) is 27.9 Å². The molecule has 104 heavy (non-hydrogen) atoms. The topological polar surface area (TPSA) is 161 Å². The van der Waals surface area contributed by atoms with Gasteiger partial charge in [-0.3, -0.25) is 0 Å². The third-order valence-corrected chi connectivity index (χ3v) is 21.7. The van der Waals surface area contributed by atoms with Crippen molar-refractivity contribution in [1.29, 1.82) is 31.6 Å². The molecule has 4 atom stereocenters. The third kappa shape index (κ3) is 10.6. The van der Waals surface area contributed by atoms with E-state index >= 15 is 0 Å². The van der Waals surface area contributed by atoms with Crippen molar-refractivity contribution < 1.29 is 0 Å². The van der Waals surface area contributed by atoms with Gasteiger partial charge in [-0.1, -0.05) is 140 Å². The highest BCUT2D eigenvalue weighted by molar-refractivity contribution is 6.13. The van der Waals surface area contributed by atoms with Crippen molar-refractivity contribution in [3.63, 3.8) is 0 Å². The second kappa shape index (κ2) is 26.4. The van der Waals surface area contributed by atoms with Crippen LogP contribution in [0.3, 0.4) is 0 Å². The number of fused-ring (bicyclic) bond motifs is 9. The van der Waals surface area contributed by atoms with Crippen molar-refractivity contribution in [1.82, 2.24) is 18.6 Å². The Morgan fingerprint density at radius 2 is 1.28 bits per heavy atom. The molecule has 0 bridgehead atoms. The summed E-state index contributed by atoms with van der Waals surface area (Å²) in [7, 11) is 0. The van der Waals surface area contributed by atoms with E-state index in [1.54, 1.807) is 0 Å². The average Bonchev–Trinajstić information content (AvgIpc) is 1.58. The number of hydrogen-bond donors (Lipinski definition) is 0. The molecule has 4 heterocycles. The molecule has 3 aromatic heterocycles. The van der Waals surface area contributed by atoms with Gasteiger partial charge in [-0.15, -0.1) is 6.58 Å². The summed E-state index contributed by atoms with van der Waals surface area (Å²) in [6, 6.07) is 77.0. The van der Waals surface area contributed by atoms with E-state index in [2.05, 4.69) is 251 Å². The summed E-state index contributed by atoms with van der Waals surface area (Å²) >= 11 is 0. The molecule has 1 aliphatic heterocycles. The van der Waals surface area contributed by atoms with Crippen LogP contribution in [0.15, 0.2) is 278 Å². The van der Waals surface area contributed by atoms with E-state index in [-0.39, 0.29) is 23.9 Å². The first-order chi connectivity index (χ1) is 51.2. The number of hydrogen-bond acceptors (Lipinski definition) is 7. The lowest BCUT2D eigenvalue weighted by Gasteiger charge is -2.41. The van der Waals surface area contributed by atoms with Gasteiger partial charge in [0.1, 0.15) is 0 Å². The quantitative estimate of drug-likeness (QED) is 0.104. The largest absolute Gasteiger partial charge is 0.360 e. The monoisotopic (exact) mass is 1330 g/mol. The summed E-state index contributed by atoms with van der Waals surface area (Å²) in [6.45, 7) is 6.47. The van der Waals surface area contributed by atoms with E-state index in [1.807, 2.05) is 78.9 Å². The fourth-order valence-corrected chi connectivity index (χ4v) is 17.1. The molecule has 0 saturated carbocycles. The number of benzene rings is 9. The lowest BCUT2D eigenvalue weighted by molar-refractivity contribution is 0.213. The Labute approximate surface area is 604 Å². The van der Waals surface area contributed by atoms with Crippen molar-refractivity contribution in [2.45, 2.75) is 69.9 Å². The number of aryl methyl sites for hydroxylation is 1. The molecule has 0 N–H and O–H groups in total. The Kier molecular flexibility index (Phi) is 16.2. The minimum absolute atomic E-state index is 0.0710. The van der Waals surface area contributed by atoms with Crippen LogP contribution in [0, 0.1) is 73.9 Å². The van der Waals surface area contributed by atoms with Crippen LogP contribution in [0.5, 0.6) is 0 Å². The second-order valence-corrected chi connectivity index (χ2v) is 27.4. The number of nitrogens with zero attached hydrogens (tertiary/aromatic N) is 10. The van der Waals surface area contributed by atoms with Crippen molar-refractivity contribution in [2.24, 2.45) is 5.92 Å². The van der Waals surface area contributed by atoms with Gasteiger partial charge < -0.3 is 18.6 Å². The van der Waals surface area contributed by atoms with Gasteiger partial charge in [-0.25, -0.2) is 0 Å². The van der Waals surface area contributed by atoms with E-state index < -0.39 is 0 Å². The Morgan fingerprint density at radius 1 is 0.519 bits per heavy atom. The Hall–Kier alpha value is -13.7. The molecular weight excluding hydrogens is 1270 g/mol. The Morgan fingerprint density at radius 3 is 2.09 bits per heavy atom. The lowest BCUT2D eigenvalue weighted by atomic mass is 9.81. The van der Waals surface area contributed by atoms with Crippen molar-refractivity contribution in [3.05, 3.63) is 328 Å². The predicted octanol–water partition coefficient (Wildman–Crippen LogP) is 21.7. The van der Waals surface area contributed by atoms with Gasteiger partial charge in [-0.05, 0) is 210 Å². The van der Waals surface area contributed by atoms with Gasteiger partial charge in [0.25, 0.3) is 0 Å². The van der Waals surface area contributed by atoms with Crippen LogP contribution in [0.25, 0.3) is 117 Å². The second-order valence-electron chi connectivity index (χ2n) is 27.4. The summed E-state index contributed by atoms with van der Waals surface area (Å²) in [5.74, 6) is -0.0651. The molecule has 0 saturated heterocycles. The van der Waals surface area contributed by atoms with E-state index in [0.29, 0.717) is 57.4 Å². The van der Waals surface area contributed by atoms with Crippen molar-refractivity contribution >= 4 is 55.8 Å². The molecule has 10 nitrogen and oxygen atoms in total. The molecule has 12 aromatic rings. The summed E-state index contributed by atoms with van der Waals surface area (Å²) in [5.41, 5.74) is 24.8. The van der Waals surface area contributed by atoms with Gasteiger partial charge in [0.2, 0.25) is 0 Å². The summed E-state index contributed by atoms with van der Waals surface area (Å²) < 4.78 is 6.93. The molecule has 0 fully saturated rings. The Balaban J connectivity index is 0.798. The molecule has 0 spiro atoms. The summed E-state index contributed by atoms with van der Waals surface area (Å²) in [6.07, 6.45) is 33.7. The van der Waals surface area contributed by atoms with Crippen LogP contribution in [0.2, 0.25) is 0 Å². The van der Waals surface area contributed by atoms with E-state index in [4.69, 9.17) is 0 Å². The van der Waals surface area contributed by atoms with Gasteiger partial charge in [0.05, 0.1) is 104 Å². The first-order valence-electron chi connectivity index (χ1n) is 35.5. The molecule has 4 aliphatic carbocycles. The minimum atomic E-state index is -0.288. The van der Waals surface area contributed by atoms with Crippen LogP contribution < -0.4 is 0 Å². The highest BCUT2D eigenvalue weighted by Gasteiger charge is 2.44. The van der Waals surface area contributed by atoms with Crippen LogP contribution in [-0.4, -0.2) is 30.7 Å². The van der Waals surface area contributed by atoms with Crippen LogP contribution in [-0.2, 0) is 12.8 Å². The fourth-order valence-electron chi connectivity index (χ4n) is 17.1. The number of nitriles is 6. The minimum Gasteiger partial charge on any atom is -0.360 e. The fraction of sp³-hybridized carbons (Fsp3) is 0.128. The molecule has 9 aromatic carbocycles. The average molecular weight is 1340 g/mol. The highest BCUT2D eigenvalue weighted by Crippen LogP contribution is 2.50. The van der Waals surface area contributed by atoms with Gasteiger partial charge >= 0.3 is 0 Å². The van der Waals surface area contributed by atoms with Gasteiger partial charge in [0.15, 0.2) is 0 Å². The molecule has 0 amide bonds. The van der Waals surface area contributed by atoms with Gasteiger partial charge in [-0.2, -0.15) is 31.6 Å². The smallest absolute Gasteiger partial charge is 0.0998 e. The zero-order valence-electron chi connectivity index (χ0n) is 57.3. The standard InChI is InChI=1S/C94H66N10/c1-3-5-22-78-84(16-4-2)102(72-21-14-19-65(50-72)69-42-63(57-99)43-70(48-69)80-44-60(54-96)32-39-89(80)103-87-29-11-8-25-76(87)81-45-59(53-95)17-12-30-88(81)103)92-31-15-26-73(94(78)92)67-37-38-77-82-46-61(55-97)33-40-90(82)104(93(77)52-67)91-41-34-62(56-98)47-83(91)79-51-66(35-36-68(79)58-100)64-18-13-20-71(49-64)101-85-27-9-6-23-74(85)75-24-7-10-28-86(75)101/h4-6,9-15,17-23,26-29,31-52,76,80,87,89H,2-3,7-8,16,24-25,30H2,1H3/b22-5-. The van der Waals surface area contributed by atoms with Crippen molar-refractivity contribution in [2.75, 3.05) is 0 Å². The lowest BCUT2D eigenvalue weighted by Crippen LogP contribution is -2.44. The molecule has 10 heteroatoms. The van der Waals surface area contributed by atoms with Crippen LogP contribution >= 0.6 is 0 Å². The normalized spacial score (nSPS) is 17.2. The molecule has 0 radical (unpaired) electrons. The third-order valence-electron chi connectivity index (χ3n) is 21.7. The zero-order chi connectivity index (χ0) is 70.7. The van der Waals surface area contributed by atoms with E-state index in [0.717, 1.165) is 138 Å². The summed E-state index contributed by atoms with van der Waals surface area (Å²) in [4.78, 5) is 2.52. The summed E-state index contributed by atoms with van der Waals surface area (Å²) in [5, 5.41) is 67.8. The molecule has 5 aliphatic rings. The first kappa shape index (κ1) is 63.7. The SMILES string of the molecule is C=CCc1c(/C=C\CC)c2c(-c3ccc4c5cc(C#N)ccc5n(-c5ccc(C#N)cc5-c5cc(-c6cccc(-n7c8c(c9ccccc97)CCC=C8)c6)ccc5C#N)c4c3)cccc2n1-c1cccc(-c2cc(C#N)cc(C3C=C(C#N)C=CC3N3C4=C(C=C(C#N)C=CC4)C4CCC=CC43)c2)c1. The number of rotatable bonds is 13. The van der Waals surface area contributed by atoms with Crippen LogP contribution in [0.1, 0.15) is 95.3 Å².